The highest BCUT2D eigenvalue weighted by Crippen LogP contribution is 2.17. The van der Waals surface area contributed by atoms with E-state index in [0.717, 1.165) is 11.1 Å². The molecule has 1 heterocycles. The number of carbonyl (C=O) groups is 1. The van der Waals surface area contributed by atoms with Crippen molar-refractivity contribution in [3.05, 3.63) is 47.3 Å². The monoisotopic (exact) mass is 244 g/mol. The number of nitrogens with zero attached hydrogens (tertiary/aromatic N) is 1. The molecule has 2 rings (SSSR count). The van der Waals surface area contributed by atoms with Crippen LogP contribution in [0.5, 0.6) is 0 Å². The Kier molecular flexibility index (Phi) is 3.32. The first kappa shape index (κ1) is 12.2. The van der Waals surface area contributed by atoms with Crippen LogP contribution in [0.25, 0.3) is 0 Å². The van der Waals surface area contributed by atoms with E-state index in [1.165, 1.54) is 6.20 Å². The minimum absolute atomic E-state index is 0.0820. The number of anilines is 1. The Balaban J connectivity index is 2.13. The average molecular weight is 244 g/mol. The van der Waals surface area contributed by atoms with Crippen LogP contribution in [-0.4, -0.2) is 16.1 Å². The molecule has 0 aliphatic rings. The van der Waals surface area contributed by atoms with Crippen molar-refractivity contribution in [2.45, 2.75) is 19.9 Å². The normalized spacial score (nSPS) is 12.1. The van der Waals surface area contributed by atoms with Crippen molar-refractivity contribution in [3.63, 3.8) is 0 Å². The second-order valence-electron chi connectivity index (χ2n) is 4.25. The van der Waals surface area contributed by atoms with Crippen LogP contribution in [0.2, 0.25) is 0 Å². The van der Waals surface area contributed by atoms with Crippen LogP contribution in [0.3, 0.4) is 0 Å². The molecule has 1 aromatic carbocycles. The zero-order valence-electron chi connectivity index (χ0n) is 10.4. The van der Waals surface area contributed by atoms with Crippen molar-refractivity contribution in [2.75, 3.05) is 5.73 Å². The third-order valence-electron chi connectivity index (χ3n) is 2.90. The summed E-state index contributed by atoms with van der Waals surface area (Å²) in [6.07, 6.45) is 1.42. The summed E-state index contributed by atoms with van der Waals surface area (Å²) in [7, 11) is 0. The molecule has 0 radical (unpaired) electrons. The Hall–Kier alpha value is -2.30. The highest BCUT2D eigenvalue weighted by molar-refractivity contribution is 5.97. The van der Waals surface area contributed by atoms with Gasteiger partial charge in [-0.25, -0.2) is 0 Å². The number of carbonyl (C=O) groups excluding carboxylic acids is 1. The summed E-state index contributed by atoms with van der Waals surface area (Å²) in [5, 5.41) is 9.21. The van der Waals surface area contributed by atoms with E-state index in [1.807, 2.05) is 38.1 Å². The van der Waals surface area contributed by atoms with E-state index in [-0.39, 0.29) is 11.9 Å². The topological polar surface area (TPSA) is 83.8 Å². The number of nitrogens with one attached hydrogen (secondary N) is 2. The molecule has 0 bridgehead atoms. The maximum Gasteiger partial charge on any atom is 0.271 e. The highest BCUT2D eigenvalue weighted by Gasteiger charge is 2.16. The first-order valence-corrected chi connectivity index (χ1v) is 5.75. The number of nitrogens with two attached hydrogens (primary N) is 1. The lowest BCUT2D eigenvalue weighted by Gasteiger charge is -2.16. The maximum absolute atomic E-state index is 12.0. The van der Waals surface area contributed by atoms with Crippen molar-refractivity contribution in [1.82, 2.24) is 15.5 Å². The zero-order valence-corrected chi connectivity index (χ0v) is 10.4. The van der Waals surface area contributed by atoms with Crippen molar-refractivity contribution < 1.29 is 4.79 Å². The quantitative estimate of drug-likeness (QED) is 0.769. The van der Waals surface area contributed by atoms with Crippen LogP contribution in [-0.2, 0) is 0 Å². The fraction of sp³-hybridized carbons (Fsp3) is 0.231. The molecule has 5 nitrogen and oxygen atoms in total. The number of hydrogen-bond acceptors (Lipinski definition) is 3. The zero-order chi connectivity index (χ0) is 13.1. The molecule has 0 spiro atoms. The van der Waals surface area contributed by atoms with E-state index in [1.54, 1.807) is 0 Å². The van der Waals surface area contributed by atoms with Crippen LogP contribution in [0.15, 0.2) is 30.5 Å². The largest absolute Gasteiger partial charge is 0.396 e. The van der Waals surface area contributed by atoms with Gasteiger partial charge in [0, 0.05) is 0 Å². The van der Waals surface area contributed by atoms with Gasteiger partial charge in [0.2, 0.25) is 0 Å². The summed E-state index contributed by atoms with van der Waals surface area (Å²) in [5.74, 6) is -0.249. The van der Waals surface area contributed by atoms with Gasteiger partial charge in [-0.15, -0.1) is 0 Å². The molecule has 1 unspecified atom stereocenters. The van der Waals surface area contributed by atoms with Gasteiger partial charge in [0.1, 0.15) is 5.69 Å². The molecular weight excluding hydrogens is 228 g/mol. The van der Waals surface area contributed by atoms with Gasteiger partial charge in [-0.1, -0.05) is 24.3 Å². The van der Waals surface area contributed by atoms with Gasteiger partial charge in [-0.2, -0.15) is 5.10 Å². The third kappa shape index (κ3) is 2.34. The smallest absolute Gasteiger partial charge is 0.271 e. The van der Waals surface area contributed by atoms with Gasteiger partial charge in [0.15, 0.2) is 0 Å². The summed E-state index contributed by atoms with van der Waals surface area (Å²) >= 11 is 0. The molecule has 2 aromatic rings. The number of benzene rings is 1. The molecule has 0 aliphatic heterocycles. The molecule has 0 saturated carbocycles. The summed E-state index contributed by atoms with van der Waals surface area (Å²) in [6.45, 7) is 3.95. The van der Waals surface area contributed by atoms with Crippen molar-refractivity contribution >= 4 is 11.6 Å². The lowest BCUT2D eigenvalue weighted by Crippen LogP contribution is -2.28. The summed E-state index contributed by atoms with van der Waals surface area (Å²) < 4.78 is 0. The van der Waals surface area contributed by atoms with Crippen molar-refractivity contribution in [1.29, 1.82) is 0 Å². The Morgan fingerprint density at radius 2 is 2.17 bits per heavy atom. The van der Waals surface area contributed by atoms with Crippen molar-refractivity contribution in [3.8, 4) is 0 Å². The molecule has 0 saturated heterocycles. The number of aromatic amines is 1. The average Bonchev–Trinajstić information content (AvgIpc) is 2.76. The summed E-state index contributed by atoms with van der Waals surface area (Å²) in [6, 6.07) is 7.86. The number of rotatable bonds is 3. The first-order valence-electron chi connectivity index (χ1n) is 5.75. The summed E-state index contributed by atoms with van der Waals surface area (Å²) in [4.78, 5) is 12.0. The van der Waals surface area contributed by atoms with Gasteiger partial charge in [-0.3, -0.25) is 9.89 Å². The molecule has 1 amide bonds. The van der Waals surface area contributed by atoms with Gasteiger partial charge >= 0.3 is 0 Å². The molecule has 4 N–H and O–H groups in total. The number of aromatic nitrogens is 2. The number of hydrogen-bond donors (Lipinski definition) is 3. The Labute approximate surface area is 105 Å². The van der Waals surface area contributed by atoms with Gasteiger partial charge in [0.05, 0.1) is 17.9 Å². The second kappa shape index (κ2) is 4.91. The van der Waals surface area contributed by atoms with Gasteiger partial charge < -0.3 is 11.1 Å². The number of H-pyrrole nitrogens is 1. The number of amides is 1. The van der Waals surface area contributed by atoms with E-state index < -0.39 is 0 Å². The fourth-order valence-electron chi connectivity index (χ4n) is 1.90. The Morgan fingerprint density at radius 1 is 1.44 bits per heavy atom. The first-order chi connectivity index (χ1) is 8.59. The molecule has 0 aliphatic carbocycles. The minimum Gasteiger partial charge on any atom is -0.396 e. The van der Waals surface area contributed by atoms with E-state index in [2.05, 4.69) is 15.5 Å². The van der Waals surface area contributed by atoms with Crippen LogP contribution in [0.4, 0.5) is 5.69 Å². The van der Waals surface area contributed by atoms with Gasteiger partial charge in [0.25, 0.3) is 5.91 Å². The molecule has 1 aromatic heterocycles. The molecule has 94 valence electrons. The second-order valence-corrected chi connectivity index (χ2v) is 4.25. The SMILES string of the molecule is Cc1ccccc1C(C)NC(=O)c1[nH]ncc1N. The summed E-state index contributed by atoms with van der Waals surface area (Å²) in [5.41, 5.74) is 8.51. The molecule has 18 heavy (non-hydrogen) atoms. The van der Waals surface area contributed by atoms with E-state index in [4.69, 9.17) is 5.73 Å². The predicted molar refractivity (Wildman–Crippen MR) is 70.1 cm³/mol. The van der Waals surface area contributed by atoms with E-state index in [0.29, 0.717) is 11.4 Å². The van der Waals surface area contributed by atoms with Crippen LogP contribution in [0.1, 0.15) is 34.6 Å². The van der Waals surface area contributed by atoms with E-state index in [9.17, 15) is 4.79 Å². The molecule has 0 fully saturated rings. The lowest BCUT2D eigenvalue weighted by atomic mass is 10.0. The van der Waals surface area contributed by atoms with Crippen LogP contribution >= 0.6 is 0 Å². The molecule has 1 atom stereocenters. The maximum atomic E-state index is 12.0. The van der Waals surface area contributed by atoms with Gasteiger partial charge in [-0.05, 0) is 25.0 Å². The van der Waals surface area contributed by atoms with Crippen molar-refractivity contribution in [2.24, 2.45) is 0 Å². The fourth-order valence-corrected chi connectivity index (χ4v) is 1.90. The predicted octanol–water partition coefficient (Wildman–Crippen LogP) is 1.79. The minimum atomic E-state index is -0.249. The standard InChI is InChI=1S/C13H16N4O/c1-8-5-3-4-6-10(8)9(2)16-13(18)12-11(14)7-15-17-12/h3-7,9H,14H2,1-2H3,(H,15,17)(H,16,18). The Bertz CT molecular complexity index is 562. The van der Waals surface area contributed by atoms with Crippen LogP contribution < -0.4 is 11.1 Å². The molecule has 5 heteroatoms. The molecular formula is C13H16N4O. The van der Waals surface area contributed by atoms with E-state index >= 15 is 0 Å². The number of aryl methyl sites for hydroxylation is 1. The van der Waals surface area contributed by atoms with Crippen LogP contribution in [0, 0.1) is 6.92 Å². The Morgan fingerprint density at radius 3 is 2.78 bits per heavy atom. The number of nitrogen functional groups attached to an aromatic ring is 1. The highest BCUT2D eigenvalue weighted by atomic mass is 16.2. The third-order valence-corrected chi connectivity index (χ3v) is 2.90. The lowest BCUT2D eigenvalue weighted by molar-refractivity contribution is 0.0935.